The fourth-order valence-corrected chi connectivity index (χ4v) is 2.18. The summed E-state index contributed by atoms with van der Waals surface area (Å²) in [5, 5.41) is 7.98. The van der Waals surface area contributed by atoms with Crippen molar-refractivity contribution in [3.05, 3.63) is 47.2 Å². The fourth-order valence-electron chi connectivity index (χ4n) is 1.63. The first-order chi connectivity index (χ1) is 9.16. The predicted octanol–water partition coefficient (Wildman–Crippen LogP) is 2.57. The molecule has 0 radical (unpaired) electrons. The minimum absolute atomic E-state index is 0.106. The third-order valence-corrected chi connectivity index (χ3v) is 3.31. The van der Waals surface area contributed by atoms with Crippen LogP contribution in [0.3, 0.4) is 0 Å². The molecule has 2 N–H and O–H groups in total. The Bertz CT molecular complexity index is 545. The van der Waals surface area contributed by atoms with E-state index in [-0.39, 0.29) is 24.3 Å². The van der Waals surface area contributed by atoms with Gasteiger partial charge in [-0.25, -0.2) is 9.37 Å². The zero-order valence-electron chi connectivity index (χ0n) is 10.4. The Morgan fingerprint density at radius 1 is 1.47 bits per heavy atom. The van der Waals surface area contributed by atoms with Crippen molar-refractivity contribution >= 4 is 22.4 Å². The number of carbonyl (C=O) groups is 1. The molecule has 6 heteroatoms. The number of thiazole rings is 1. The van der Waals surface area contributed by atoms with Gasteiger partial charge in [0.25, 0.3) is 0 Å². The SMILES string of the molecule is CC(NCC(=O)Nc1nccs1)c1ccccc1F. The Kier molecular flexibility index (Phi) is 4.59. The molecule has 1 atom stereocenters. The molecule has 4 nitrogen and oxygen atoms in total. The van der Waals surface area contributed by atoms with Crippen LogP contribution in [0.5, 0.6) is 0 Å². The summed E-state index contributed by atoms with van der Waals surface area (Å²) in [6.45, 7) is 1.92. The first-order valence-electron chi connectivity index (χ1n) is 5.84. The van der Waals surface area contributed by atoms with Gasteiger partial charge in [-0.3, -0.25) is 4.79 Å². The number of aromatic nitrogens is 1. The van der Waals surface area contributed by atoms with E-state index in [0.29, 0.717) is 10.7 Å². The summed E-state index contributed by atoms with van der Waals surface area (Å²) in [4.78, 5) is 15.6. The normalized spacial score (nSPS) is 12.1. The van der Waals surface area contributed by atoms with Crippen LogP contribution in [0.4, 0.5) is 9.52 Å². The third kappa shape index (κ3) is 3.84. The average molecular weight is 279 g/mol. The lowest BCUT2D eigenvalue weighted by atomic mass is 10.1. The Morgan fingerprint density at radius 2 is 2.26 bits per heavy atom. The molecule has 2 rings (SSSR count). The molecule has 1 aromatic carbocycles. The van der Waals surface area contributed by atoms with Gasteiger partial charge < -0.3 is 10.6 Å². The molecular formula is C13H14FN3OS. The predicted molar refractivity (Wildman–Crippen MR) is 73.6 cm³/mol. The maximum Gasteiger partial charge on any atom is 0.240 e. The summed E-state index contributed by atoms with van der Waals surface area (Å²) in [6, 6.07) is 6.28. The summed E-state index contributed by atoms with van der Waals surface area (Å²) < 4.78 is 13.5. The van der Waals surface area contributed by atoms with Crippen molar-refractivity contribution in [1.82, 2.24) is 10.3 Å². The van der Waals surface area contributed by atoms with Crippen molar-refractivity contribution in [3.63, 3.8) is 0 Å². The first-order valence-corrected chi connectivity index (χ1v) is 6.72. The number of halogens is 1. The van der Waals surface area contributed by atoms with Gasteiger partial charge in [-0.2, -0.15) is 0 Å². The van der Waals surface area contributed by atoms with E-state index in [9.17, 15) is 9.18 Å². The fraction of sp³-hybridized carbons (Fsp3) is 0.231. The van der Waals surface area contributed by atoms with Crippen LogP contribution in [0.1, 0.15) is 18.5 Å². The van der Waals surface area contributed by atoms with Gasteiger partial charge >= 0.3 is 0 Å². The second-order valence-corrected chi connectivity index (χ2v) is 4.90. The summed E-state index contributed by atoms with van der Waals surface area (Å²) in [6.07, 6.45) is 1.62. The van der Waals surface area contributed by atoms with Gasteiger partial charge in [0.05, 0.1) is 6.54 Å². The maximum absolute atomic E-state index is 13.5. The lowest BCUT2D eigenvalue weighted by Crippen LogP contribution is -2.30. The van der Waals surface area contributed by atoms with Crippen molar-refractivity contribution in [3.8, 4) is 0 Å². The number of anilines is 1. The smallest absolute Gasteiger partial charge is 0.240 e. The van der Waals surface area contributed by atoms with Crippen LogP contribution >= 0.6 is 11.3 Å². The second kappa shape index (κ2) is 6.40. The van der Waals surface area contributed by atoms with Crippen LogP contribution in [0.25, 0.3) is 0 Å². The highest BCUT2D eigenvalue weighted by molar-refractivity contribution is 7.13. The molecule has 0 spiro atoms. The second-order valence-electron chi connectivity index (χ2n) is 4.01. The number of hydrogen-bond acceptors (Lipinski definition) is 4. The van der Waals surface area contributed by atoms with Crippen LogP contribution < -0.4 is 10.6 Å². The summed E-state index contributed by atoms with van der Waals surface area (Å²) in [5.41, 5.74) is 0.546. The Morgan fingerprint density at radius 3 is 2.95 bits per heavy atom. The number of nitrogens with one attached hydrogen (secondary N) is 2. The molecule has 100 valence electrons. The van der Waals surface area contributed by atoms with Crippen LogP contribution in [-0.2, 0) is 4.79 Å². The summed E-state index contributed by atoms with van der Waals surface area (Å²) >= 11 is 1.35. The molecule has 0 saturated carbocycles. The van der Waals surface area contributed by atoms with Crippen molar-refractivity contribution < 1.29 is 9.18 Å². The molecule has 1 heterocycles. The van der Waals surface area contributed by atoms with Gasteiger partial charge in [-0.05, 0) is 13.0 Å². The monoisotopic (exact) mass is 279 g/mol. The quantitative estimate of drug-likeness (QED) is 0.884. The zero-order chi connectivity index (χ0) is 13.7. The third-order valence-electron chi connectivity index (χ3n) is 2.62. The van der Waals surface area contributed by atoms with Crippen molar-refractivity contribution in [2.24, 2.45) is 0 Å². The maximum atomic E-state index is 13.5. The van der Waals surface area contributed by atoms with E-state index in [1.807, 2.05) is 6.92 Å². The van der Waals surface area contributed by atoms with Crippen LogP contribution in [-0.4, -0.2) is 17.4 Å². The van der Waals surface area contributed by atoms with E-state index in [4.69, 9.17) is 0 Å². The van der Waals surface area contributed by atoms with E-state index in [2.05, 4.69) is 15.6 Å². The Balaban J connectivity index is 1.85. The van der Waals surface area contributed by atoms with Gasteiger partial charge in [0.1, 0.15) is 5.82 Å². The minimum atomic E-state index is -0.275. The molecule has 0 saturated heterocycles. The van der Waals surface area contributed by atoms with E-state index < -0.39 is 0 Å². The Hall–Kier alpha value is -1.79. The number of amides is 1. The van der Waals surface area contributed by atoms with Gasteiger partial charge in [-0.15, -0.1) is 11.3 Å². The number of carbonyl (C=O) groups excluding carboxylic acids is 1. The van der Waals surface area contributed by atoms with E-state index >= 15 is 0 Å². The molecule has 0 fully saturated rings. The first kappa shape index (κ1) is 13.6. The number of nitrogens with zero attached hydrogens (tertiary/aromatic N) is 1. The topological polar surface area (TPSA) is 54.0 Å². The van der Waals surface area contributed by atoms with Crippen molar-refractivity contribution in [2.45, 2.75) is 13.0 Å². The standard InChI is InChI=1S/C13H14FN3OS/c1-9(10-4-2-3-5-11(10)14)16-8-12(18)17-13-15-6-7-19-13/h2-7,9,16H,8H2,1H3,(H,15,17,18). The highest BCUT2D eigenvalue weighted by Crippen LogP contribution is 2.15. The minimum Gasteiger partial charge on any atom is -0.302 e. The van der Waals surface area contributed by atoms with E-state index in [1.165, 1.54) is 17.4 Å². The molecule has 0 aliphatic heterocycles. The average Bonchev–Trinajstić information content (AvgIpc) is 2.89. The number of rotatable bonds is 5. The zero-order valence-corrected chi connectivity index (χ0v) is 11.2. The van der Waals surface area contributed by atoms with Crippen molar-refractivity contribution in [1.29, 1.82) is 0 Å². The van der Waals surface area contributed by atoms with Crippen LogP contribution in [0.2, 0.25) is 0 Å². The van der Waals surface area contributed by atoms with E-state index in [1.54, 1.807) is 29.8 Å². The van der Waals surface area contributed by atoms with Crippen LogP contribution in [0.15, 0.2) is 35.8 Å². The van der Waals surface area contributed by atoms with E-state index in [0.717, 1.165) is 0 Å². The lowest BCUT2D eigenvalue weighted by Gasteiger charge is -2.14. The molecular weight excluding hydrogens is 265 g/mol. The van der Waals surface area contributed by atoms with Crippen LogP contribution in [0, 0.1) is 5.82 Å². The number of hydrogen-bond donors (Lipinski definition) is 2. The molecule has 0 bridgehead atoms. The largest absolute Gasteiger partial charge is 0.302 e. The molecule has 0 aliphatic carbocycles. The molecule has 1 unspecified atom stereocenters. The highest BCUT2D eigenvalue weighted by Gasteiger charge is 2.11. The lowest BCUT2D eigenvalue weighted by molar-refractivity contribution is -0.115. The van der Waals surface area contributed by atoms with Gasteiger partial charge in [0.15, 0.2) is 5.13 Å². The molecule has 19 heavy (non-hydrogen) atoms. The Labute approximate surface area is 114 Å². The van der Waals surface area contributed by atoms with Gasteiger partial charge in [0, 0.05) is 23.2 Å². The number of benzene rings is 1. The summed E-state index contributed by atoms with van der Waals surface area (Å²) in [5.74, 6) is -0.471. The molecule has 2 aromatic rings. The van der Waals surface area contributed by atoms with Gasteiger partial charge in [-0.1, -0.05) is 18.2 Å². The molecule has 1 aromatic heterocycles. The molecule has 1 amide bonds. The summed E-state index contributed by atoms with van der Waals surface area (Å²) in [7, 11) is 0. The molecule has 0 aliphatic rings. The highest BCUT2D eigenvalue weighted by atomic mass is 32.1. The van der Waals surface area contributed by atoms with Crippen molar-refractivity contribution in [2.75, 3.05) is 11.9 Å². The van der Waals surface area contributed by atoms with Gasteiger partial charge in [0.2, 0.25) is 5.91 Å².